The highest BCUT2D eigenvalue weighted by atomic mass is 19.1. The molecule has 0 unspecified atom stereocenters. The summed E-state index contributed by atoms with van der Waals surface area (Å²) in [5.41, 5.74) is 2.94. The van der Waals surface area contributed by atoms with Gasteiger partial charge < -0.3 is 0 Å². The summed E-state index contributed by atoms with van der Waals surface area (Å²) >= 11 is 0. The molecule has 2 heteroatoms. The van der Waals surface area contributed by atoms with Gasteiger partial charge in [0.2, 0.25) is 0 Å². The van der Waals surface area contributed by atoms with E-state index in [-0.39, 0.29) is 0 Å². The molecule has 1 fully saturated rings. The zero-order valence-corrected chi connectivity index (χ0v) is 15.6. The van der Waals surface area contributed by atoms with Crippen molar-refractivity contribution in [2.75, 3.05) is 0 Å². The number of rotatable bonds is 9. The zero-order chi connectivity index (χ0) is 17.9. The lowest BCUT2D eigenvalue weighted by Gasteiger charge is -2.28. The summed E-state index contributed by atoms with van der Waals surface area (Å²) in [6.07, 6.45) is 14.6. The summed E-state index contributed by atoms with van der Waals surface area (Å²) < 4.78 is 12.8. The van der Waals surface area contributed by atoms with E-state index < -0.39 is 5.83 Å². The Hall–Kier alpha value is -1.62. The highest BCUT2D eigenvalue weighted by molar-refractivity contribution is 5.22. The van der Waals surface area contributed by atoms with Gasteiger partial charge in [-0.15, -0.1) is 0 Å². The Morgan fingerprint density at radius 2 is 1.60 bits per heavy atom. The molecule has 25 heavy (non-hydrogen) atoms. The highest BCUT2D eigenvalue weighted by Gasteiger charge is 2.20. The van der Waals surface area contributed by atoms with Crippen molar-refractivity contribution in [3.05, 3.63) is 47.3 Å². The van der Waals surface area contributed by atoms with Crippen molar-refractivity contribution in [2.24, 2.45) is 11.8 Å². The fourth-order valence-electron chi connectivity index (χ4n) is 3.92. The number of benzene rings is 1. The number of hydrogen-bond acceptors (Lipinski definition) is 1. The Kier molecular flexibility index (Phi) is 8.73. The first-order valence-electron chi connectivity index (χ1n) is 10.0. The second kappa shape index (κ2) is 11.1. The minimum absolute atomic E-state index is 0.630. The summed E-state index contributed by atoms with van der Waals surface area (Å²) in [6.45, 7) is 2.24. The van der Waals surface area contributed by atoms with Crippen molar-refractivity contribution in [2.45, 2.75) is 77.6 Å². The molecule has 0 aromatic heterocycles. The molecule has 0 atom stereocenters. The SMILES string of the molecule is CCCCc1ccc(CCC2CCC(CC/C=C(\F)C#N)CC2)cc1. The van der Waals surface area contributed by atoms with Crippen molar-refractivity contribution in [1.29, 1.82) is 5.26 Å². The lowest BCUT2D eigenvalue weighted by Crippen LogP contribution is -2.15. The van der Waals surface area contributed by atoms with Gasteiger partial charge >= 0.3 is 0 Å². The second-order valence-electron chi connectivity index (χ2n) is 7.59. The summed E-state index contributed by atoms with van der Waals surface area (Å²) in [4.78, 5) is 0. The third-order valence-corrected chi connectivity index (χ3v) is 5.65. The van der Waals surface area contributed by atoms with Gasteiger partial charge in [0, 0.05) is 0 Å². The van der Waals surface area contributed by atoms with Crippen molar-refractivity contribution in [3.8, 4) is 6.07 Å². The van der Waals surface area contributed by atoms with Crippen LogP contribution in [0.2, 0.25) is 0 Å². The average molecular weight is 342 g/mol. The molecule has 1 saturated carbocycles. The summed E-state index contributed by atoms with van der Waals surface area (Å²) in [7, 11) is 0. The molecule has 0 amide bonds. The standard InChI is InChI=1S/C23H32FN/c1-2-3-5-19-8-12-21(13-9-19)16-17-22-14-10-20(11-15-22)6-4-7-23(24)18-25/h7-9,12-13,20,22H,2-6,10-11,14-17H2,1H3/b23-7-. The summed E-state index contributed by atoms with van der Waals surface area (Å²) in [5, 5.41) is 8.42. The van der Waals surface area contributed by atoms with E-state index in [0.717, 1.165) is 18.3 Å². The molecule has 0 N–H and O–H groups in total. The number of nitriles is 1. The van der Waals surface area contributed by atoms with E-state index in [1.807, 2.05) is 0 Å². The van der Waals surface area contributed by atoms with Crippen LogP contribution in [0.3, 0.4) is 0 Å². The predicted octanol–water partition coefficient (Wildman–Crippen LogP) is 6.93. The predicted molar refractivity (Wildman–Crippen MR) is 103 cm³/mol. The molecule has 0 radical (unpaired) electrons. The third-order valence-electron chi connectivity index (χ3n) is 5.65. The van der Waals surface area contributed by atoms with Crippen molar-refractivity contribution < 1.29 is 4.39 Å². The van der Waals surface area contributed by atoms with Crippen LogP contribution in [0.25, 0.3) is 0 Å². The van der Waals surface area contributed by atoms with E-state index >= 15 is 0 Å². The first kappa shape index (κ1) is 19.7. The molecule has 0 saturated heterocycles. The Balaban J connectivity index is 1.64. The first-order chi connectivity index (χ1) is 12.2. The molecule has 136 valence electrons. The van der Waals surface area contributed by atoms with Gasteiger partial charge in [0.05, 0.1) is 0 Å². The maximum Gasteiger partial charge on any atom is 0.196 e. The fourth-order valence-corrected chi connectivity index (χ4v) is 3.92. The largest absolute Gasteiger partial charge is 0.196 e. The molecular weight excluding hydrogens is 309 g/mol. The third kappa shape index (κ3) is 7.43. The molecule has 1 aromatic rings. The van der Waals surface area contributed by atoms with Gasteiger partial charge in [0.15, 0.2) is 5.83 Å². The van der Waals surface area contributed by atoms with Gasteiger partial charge in [0.1, 0.15) is 6.07 Å². The van der Waals surface area contributed by atoms with Gasteiger partial charge in [-0.25, -0.2) is 0 Å². The smallest absolute Gasteiger partial charge is 0.195 e. The summed E-state index contributed by atoms with van der Waals surface area (Å²) in [5.74, 6) is 0.939. The maximum absolute atomic E-state index is 12.8. The normalized spacial score (nSPS) is 21.1. The van der Waals surface area contributed by atoms with Crippen molar-refractivity contribution in [3.63, 3.8) is 0 Å². The van der Waals surface area contributed by atoms with Crippen LogP contribution < -0.4 is 0 Å². The van der Waals surface area contributed by atoms with Crippen molar-refractivity contribution >= 4 is 0 Å². The maximum atomic E-state index is 12.8. The van der Waals surface area contributed by atoms with E-state index in [1.54, 1.807) is 6.07 Å². The fraction of sp³-hybridized carbons (Fsp3) is 0.609. The van der Waals surface area contributed by atoms with Gasteiger partial charge in [-0.1, -0.05) is 63.3 Å². The Morgan fingerprint density at radius 3 is 2.16 bits per heavy atom. The second-order valence-corrected chi connectivity index (χ2v) is 7.59. The van der Waals surface area contributed by atoms with Gasteiger partial charge in [-0.3, -0.25) is 0 Å². The molecular formula is C23H32FN. The lowest BCUT2D eigenvalue weighted by molar-refractivity contribution is 0.254. The van der Waals surface area contributed by atoms with E-state index in [0.29, 0.717) is 6.42 Å². The minimum atomic E-state index is -0.630. The van der Waals surface area contributed by atoms with Crippen LogP contribution >= 0.6 is 0 Å². The lowest BCUT2D eigenvalue weighted by atomic mass is 9.78. The van der Waals surface area contributed by atoms with Gasteiger partial charge in [0.25, 0.3) is 0 Å². The number of unbranched alkanes of at least 4 members (excludes halogenated alkanes) is 1. The number of halogens is 1. The van der Waals surface area contributed by atoms with Crippen LogP contribution in [-0.2, 0) is 12.8 Å². The van der Waals surface area contributed by atoms with Gasteiger partial charge in [-0.05, 0) is 67.6 Å². The van der Waals surface area contributed by atoms with Crippen LogP contribution in [0.15, 0.2) is 36.2 Å². The number of nitrogens with zero attached hydrogens (tertiary/aromatic N) is 1. The Morgan fingerprint density at radius 1 is 1.04 bits per heavy atom. The average Bonchev–Trinajstić information content (AvgIpc) is 2.66. The van der Waals surface area contributed by atoms with Crippen LogP contribution in [0.5, 0.6) is 0 Å². The number of hydrogen-bond donors (Lipinski definition) is 0. The topological polar surface area (TPSA) is 23.8 Å². The molecule has 1 aliphatic rings. The molecule has 1 aliphatic carbocycles. The van der Waals surface area contributed by atoms with E-state index in [4.69, 9.17) is 5.26 Å². The molecule has 1 nitrogen and oxygen atoms in total. The molecule has 0 bridgehead atoms. The van der Waals surface area contributed by atoms with Crippen LogP contribution in [0.1, 0.15) is 75.8 Å². The minimum Gasteiger partial charge on any atom is -0.195 e. The van der Waals surface area contributed by atoms with Crippen LogP contribution in [0.4, 0.5) is 4.39 Å². The Labute approximate surface area is 152 Å². The molecule has 1 aromatic carbocycles. The first-order valence-corrected chi connectivity index (χ1v) is 10.0. The zero-order valence-electron chi connectivity index (χ0n) is 15.6. The highest BCUT2D eigenvalue weighted by Crippen LogP contribution is 2.34. The molecule has 0 heterocycles. The molecule has 0 spiro atoms. The van der Waals surface area contributed by atoms with Gasteiger partial charge in [-0.2, -0.15) is 9.65 Å². The Bertz CT molecular complexity index is 559. The molecule has 2 rings (SSSR count). The quantitative estimate of drug-likeness (QED) is 0.447. The van der Waals surface area contributed by atoms with E-state index in [1.165, 1.54) is 75.0 Å². The van der Waals surface area contributed by atoms with Crippen molar-refractivity contribution in [1.82, 2.24) is 0 Å². The summed E-state index contributed by atoms with van der Waals surface area (Å²) in [6, 6.07) is 10.8. The van der Waals surface area contributed by atoms with Crippen LogP contribution in [0, 0.1) is 23.2 Å². The van der Waals surface area contributed by atoms with E-state index in [9.17, 15) is 4.39 Å². The molecule has 0 aliphatic heterocycles. The number of allylic oxidation sites excluding steroid dienone is 2. The van der Waals surface area contributed by atoms with Crippen LogP contribution in [-0.4, -0.2) is 0 Å². The number of aryl methyl sites for hydroxylation is 2. The van der Waals surface area contributed by atoms with E-state index in [2.05, 4.69) is 31.2 Å². The monoisotopic (exact) mass is 341 g/mol.